The van der Waals surface area contributed by atoms with Gasteiger partial charge in [0.05, 0.1) is 7.11 Å². The number of piperidine rings is 1. The van der Waals surface area contributed by atoms with Crippen molar-refractivity contribution in [2.75, 3.05) is 20.7 Å². The van der Waals surface area contributed by atoms with Gasteiger partial charge >= 0.3 is 0 Å². The topological polar surface area (TPSA) is 38.5 Å². The molecule has 0 aliphatic carbocycles. The Labute approximate surface area is 97.2 Å². The van der Waals surface area contributed by atoms with Crippen LogP contribution >= 0.6 is 0 Å². The number of ether oxygens (including phenoxy) is 1. The summed E-state index contributed by atoms with van der Waals surface area (Å²) in [5.41, 5.74) is 7.34. The van der Waals surface area contributed by atoms with Crippen LogP contribution in [0.2, 0.25) is 0 Å². The van der Waals surface area contributed by atoms with Crippen molar-refractivity contribution in [1.82, 2.24) is 4.90 Å². The number of nitrogens with two attached hydrogens (primary N) is 1. The Kier molecular flexibility index (Phi) is 3.46. The molecular formula is C13H20N2O. The van der Waals surface area contributed by atoms with E-state index < -0.39 is 0 Å². The van der Waals surface area contributed by atoms with Crippen molar-refractivity contribution in [3.05, 3.63) is 29.8 Å². The molecule has 0 spiro atoms. The summed E-state index contributed by atoms with van der Waals surface area (Å²) in [5, 5.41) is 0. The quantitative estimate of drug-likeness (QED) is 0.825. The van der Waals surface area contributed by atoms with E-state index in [1.807, 2.05) is 12.1 Å². The molecule has 0 bridgehead atoms. The van der Waals surface area contributed by atoms with E-state index in [0.717, 1.165) is 25.1 Å². The van der Waals surface area contributed by atoms with Gasteiger partial charge in [-0.05, 0) is 44.1 Å². The molecule has 0 radical (unpaired) electrons. The number of rotatable bonds is 2. The highest BCUT2D eigenvalue weighted by Crippen LogP contribution is 2.30. The molecular weight excluding hydrogens is 200 g/mol. The molecule has 2 rings (SSSR count). The molecule has 3 nitrogen and oxygen atoms in total. The van der Waals surface area contributed by atoms with Gasteiger partial charge in [0.25, 0.3) is 0 Å². The predicted molar refractivity (Wildman–Crippen MR) is 65.6 cm³/mol. The molecule has 1 fully saturated rings. The van der Waals surface area contributed by atoms with E-state index in [0.29, 0.717) is 12.1 Å². The van der Waals surface area contributed by atoms with Crippen molar-refractivity contribution in [2.45, 2.75) is 24.9 Å². The third-order valence-electron chi connectivity index (χ3n) is 3.39. The third-order valence-corrected chi connectivity index (χ3v) is 3.39. The predicted octanol–water partition coefficient (Wildman–Crippen LogP) is 1.79. The van der Waals surface area contributed by atoms with Crippen LogP contribution in [-0.4, -0.2) is 31.6 Å². The Morgan fingerprint density at radius 2 is 2.25 bits per heavy atom. The summed E-state index contributed by atoms with van der Waals surface area (Å²) in [4.78, 5) is 2.37. The number of nitrogens with zero attached hydrogens (tertiary/aromatic N) is 1. The summed E-state index contributed by atoms with van der Waals surface area (Å²) in [6.07, 6.45) is 2.13. The van der Waals surface area contributed by atoms with Gasteiger partial charge in [0.15, 0.2) is 0 Å². The van der Waals surface area contributed by atoms with E-state index in [9.17, 15) is 0 Å². The van der Waals surface area contributed by atoms with Crippen molar-refractivity contribution < 1.29 is 4.74 Å². The van der Waals surface area contributed by atoms with E-state index in [2.05, 4.69) is 24.1 Å². The molecule has 3 heteroatoms. The standard InChI is InChI=1S/C13H20N2O/c1-15-7-6-11(14)9-13(15)10-4-3-5-12(8-10)16-2/h3-5,8,11,13H,6-7,9,14H2,1-2H3. The van der Waals surface area contributed by atoms with Gasteiger partial charge in [-0.15, -0.1) is 0 Å². The maximum absolute atomic E-state index is 6.04. The second kappa shape index (κ2) is 4.85. The number of methoxy groups -OCH3 is 1. The molecule has 1 heterocycles. The monoisotopic (exact) mass is 220 g/mol. The molecule has 2 N–H and O–H groups in total. The Bertz CT molecular complexity index is 354. The zero-order chi connectivity index (χ0) is 11.5. The minimum Gasteiger partial charge on any atom is -0.497 e. The van der Waals surface area contributed by atoms with Crippen molar-refractivity contribution in [1.29, 1.82) is 0 Å². The lowest BCUT2D eigenvalue weighted by atomic mass is 9.93. The SMILES string of the molecule is COc1cccc(C2CC(N)CCN2C)c1. The highest BCUT2D eigenvalue weighted by atomic mass is 16.5. The molecule has 0 saturated carbocycles. The number of hydrogen-bond acceptors (Lipinski definition) is 3. The lowest BCUT2D eigenvalue weighted by Gasteiger charge is -2.36. The summed E-state index contributed by atoms with van der Waals surface area (Å²) < 4.78 is 5.26. The number of likely N-dealkylation sites (tertiary alicyclic amines) is 1. The molecule has 1 saturated heterocycles. The highest BCUT2D eigenvalue weighted by molar-refractivity contribution is 5.30. The third kappa shape index (κ3) is 2.36. The largest absolute Gasteiger partial charge is 0.497 e. The first-order valence-electron chi connectivity index (χ1n) is 5.80. The number of benzene rings is 1. The zero-order valence-corrected chi connectivity index (χ0v) is 10.0. The van der Waals surface area contributed by atoms with Crippen LogP contribution in [0.15, 0.2) is 24.3 Å². The van der Waals surface area contributed by atoms with Crippen LogP contribution in [0, 0.1) is 0 Å². The smallest absolute Gasteiger partial charge is 0.119 e. The van der Waals surface area contributed by atoms with Gasteiger partial charge in [0.1, 0.15) is 5.75 Å². The van der Waals surface area contributed by atoms with E-state index in [1.165, 1.54) is 5.56 Å². The van der Waals surface area contributed by atoms with Gasteiger partial charge in [0.2, 0.25) is 0 Å². The Hall–Kier alpha value is -1.06. The molecule has 16 heavy (non-hydrogen) atoms. The fourth-order valence-electron chi connectivity index (χ4n) is 2.35. The normalized spacial score (nSPS) is 26.7. The van der Waals surface area contributed by atoms with Gasteiger partial charge in [-0.2, -0.15) is 0 Å². The van der Waals surface area contributed by atoms with Crippen LogP contribution in [0.3, 0.4) is 0 Å². The van der Waals surface area contributed by atoms with E-state index >= 15 is 0 Å². The lowest BCUT2D eigenvalue weighted by molar-refractivity contribution is 0.171. The zero-order valence-electron chi connectivity index (χ0n) is 10.0. The minimum atomic E-state index is 0.326. The number of hydrogen-bond donors (Lipinski definition) is 1. The fourth-order valence-corrected chi connectivity index (χ4v) is 2.35. The Balaban J connectivity index is 2.20. The van der Waals surface area contributed by atoms with Crippen LogP contribution in [0.5, 0.6) is 5.75 Å². The fraction of sp³-hybridized carbons (Fsp3) is 0.538. The molecule has 1 aromatic rings. The first-order valence-corrected chi connectivity index (χ1v) is 5.80. The molecule has 2 unspecified atom stereocenters. The van der Waals surface area contributed by atoms with Gasteiger partial charge in [-0.1, -0.05) is 12.1 Å². The van der Waals surface area contributed by atoms with Crippen molar-refractivity contribution in [3.63, 3.8) is 0 Å². The first kappa shape index (κ1) is 11.4. The molecule has 0 amide bonds. The van der Waals surface area contributed by atoms with Gasteiger partial charge in [-0.25, -0.2) is 0 Å². The van der Waals surface area contributed by atoms with Crippen LogP contribution in [-0.2, 0) is 0 Å². The van der Waals surface area contributed by atoms with Crippen molar-refractivity contribution in [3.8, 4) is 5.75 Å². The summed E-state index contributed by atoms with van der Waals surface area (Å²) in [6, 6.07) is 9.04. The van der Waals surface area contributed by atoms with E-state index in [1.54, 1.807) is 7.11 Å². The summed E-state index contributed by atoms with van der Waals surface area (Å²) in [7, 11) is 3.87. The molecule has 1 aliphatic rings. The lowest BCUT2D eigenvalue weighted by Crippen LogP contribution is -2.39. The Morgan fingerprint density at radius 3 is 3.00 bits per heavy atom. The maximum Gasteiger partial charge on any atom is 0.119 e. The van der Waals surface area contributed by atoms with Crippen molar-refractivity contribution >= 4 is 0 Å². The van der Waals surface area contributed by atoms with E-state index in [4.69, 9.17) is 10.5 Å². The average Bonchev–Trinajstić information content (AvgIpc) is 2.32. The second-order valence-corrected chi connectivity index (χ2v) is 4.56. The summed E-state index contributed by atoms with van der Waals surface area (Å²) >= 11 is 0. The molecule has 2 atom stereocenters. The van der Waals surface area contributed by atoms with Gasteiger partial charge < -0.3 is 10.5 Å². The van der Waals surface area contributed by atoms with Crippen LogP contribution in [0.25, 0.3) is 0 Å². The highest BCUT2D eigenvalue weighted by Gasteiger charge is 2.25. The van der Waals surface area contributed by atoms with Crippen LogP contribution in [0.1, 0.15) is 24.4 Å². The van der Waals surface area contributed by atoms with Crippen LogP contribution < -0.4 is 10.5 Å². The summed E-state index contributed by atoms with van der Waals surface area (Å²) in [6.45, 7) is 1.07. The van der Waals surface area contributed by atoms with Gasteiger partial charge in [0, 0.05) is 12.1 Å². The Morgan fingerprint density at radius 1 is 1.44 bits per heavy atom. The second-order valence-electron chi connectivity index (χ2n) is 4.56. The van der Waals surface area contributed by atoms with Crippen LogP contribution in [0.4, 0.5) is 0 Å². The van der Waals surface area contributed by atoms with Crippen molar-refractivity contribution in [2.24, 2.45) is 5.73 Å². The molecule has 1 aromatic carbocycles. The summed E-state index contributed by atoms with van der Waals surface area (Å²) in [5.74, 6) is 0.921. The molecule has 1 aliphatic heterocycles. The minimum absolute atomic E-state index is 0.326. The van der Waals surface area contributed by atoms with E-state index in [-0.39, 0.29) is 0 Å². The molecule has 88 valence electrons. The first-order chi connectivity index (χ1) is 7.70. The maximum atomic E-state index is 6.04. The average molecular weight is 220 g/mol. The van der Waals surface area contributed by atoms with Gasteiger partial charge in [-0.3, -0.25) is 4.90 Å². The molecule has 0 aromatic heterocycles.